The van der Waals surface area contributed by atoms with Crippen LogP contribution in [-0.4, -0.2) is 52.6 Å². The molecular formula is C20H27N3O5. The zero-order chi connectivity index (χ0) is 20.3. The van der Waals surface area contributed by atoms with E-state index in [0.717, 1.165) is 5.56 Å². The predicted octanol–water partition coefficient (Wildman–Crippen LogP) is 2.38. The van der Waals surface area contributed by atoms with Crippen molar-refractivity contribution in [2.45, 2.75) is 64.1 Å². The second-order valence-electron chi connectivity index (χ2n) is 8.22. The molecule has 0 bridgehead atoms. The number of hydrogen-bond acceptors (Lipinski definition) is 6. The summed E-state index contributed by atoms with van der Waals surface area (Å²) in [6.07, 6.45) is 3.56. The van der Waals surface area contributed by atoms with Gasteiger partial charge in [-0.15, -0.1) is 0 Å². The van der Waals surface area contributed by atoms with E-state index in [2.05, 4.69) is 10.3 Å². The van der Waals surface area contributed by atoms with Gasteiger partial charge in [0.15, 0.2) is 0 Å². The molecule has 8 heteroatoms. The third-order valence-electron chi connectivity index (χ3n) is 4.78. The average molecular weight is 389 g/mol. The van der Waals surface area contributed by atoms with Crippen LogP contribution in [0.4, 0.5) is 4.79 Å². The molecule has 3 heterocycles. The Balaban J connectivity index is 1.50. The van der Waals surface area contributed by atoms with E-state index in [9.17, 15) is 14.4 Å². The van der Waals surface area contributed by atoms with Crippen molar-refractivity contribution in [3.8, 4) is 5.88 Å². The number of ether oxygens (including phenoxy) is 2. The first-order chi connectivity index (χ1) is 13.2. The number of carbonyl (C=O) groups is 3. The summed E-state index contributed by atoms with van der Waals surface area (Å²) in [4.78, 5) is 41.3. The Labute approximate surface area is 164 Å². The SMILES string of the molecule is CC(C)(C)OC(=O)N1CCC(Oc2ccc([C@H]3CCC(=O)NC3=O)cn2)CC1. The van der Waals surface area contributed by atoms with E-state index in [0.29, 0.717) is 44.7 Å². The van der Waals surface area contributed by atoms with Crippen LogP contribution in [0.1, 0.15) is 57.9 Å². The van der Waals surface area contributed by atoms with Gasteiger partial charge >= 0.3 is 6.09 Å². The lowest BCUT2D eigenvalue weighted by atomic mass is 9.92. The number of likely N-dealkylation sites (tertiary alicyclic amines) is 1. The van der Waals surface area contributed by atoms with E-state index < -0.39 is 5.60 Å². The van der Waals surface area contributed by atoms with Crippen LogP contribution in [0.2, 0.25) is 0 Å². The van der Waals surface area contributed by atoms with Gasteiger partial charge in [0.05, 0.1) is 5.92 Å². The zero-order valence-corrected chi connectivity index (χ0v) is 16.6. The molecule has 0 spiro atoms. The van der Waals surface area contributed by atoms with Crippen LogP contribution in [0, 0.1) is 0 Å². The van der Waals surface area contributed by atoms with Crippen LogP contribution in [-0.2, 0) is 14.3 Å². The molecule has 2 aliphatic heterocycles. The lowest BCUT2D eigenvalue weighted by Gasteiger charge is -2.33. The van der Waals surface area contributed by atoms with Crippen LogP contribution in [0.15, 0.2) is 18.3 Å². The summed E-state index contributed by atoms with van der Waals surface area (Å²) >= 11 is 0. The normalized spacial score (nSPS) is 21.2. The second-order valence-corrected chi connectivity index (χ2v) is 8.22. The monoisotopic (exact) mass is 389 g/mol. The van der Waals surface area contributed by atoms with Gasteiger partial charge < -0.3 is 14.4 Å². The molecule has 0 saturated carbocycles. The van der Waals surface area contributed by atoms with E-state index in [-0.39, 0.29) is 29.9 Å². The fourth-order valence-electron chi connectivity index (χ4n) is 3.33. The molecule has 8 nitrogen and oxygen atoms in total. The maximum atomic E-state index is 12.1. The van der Waals surface area contributed by atoms with E-state index in [1.54, 1.807) is 17.2 Å². The lowest BCUT2D eigenvalue weighted by Crippen LogP contribution is -2.44. The van der Waals surface area contributed by atoms with Gasteiger partial charge in [0.2, 0.25) is 17.7 Å². The molecule has 0 radical (unpaired) electrons. The molecule has 1 aromatic rings. The number of nitrogens with one attached hydrogen (secondary N) is 1. The number of carbonyl (C=O) groups excluding carboxylic acids is 3. The van der Waals surface area contributed by atoms with Gasteiger partial charge in [-0.25, -0.2) is 9.78 Å². The minimum Gasteiger partial charge on any atom is -0.474 e. The van der Waals surface area contributed by atoms with E-state index >= 15 is 0 Å². The van der Waals surface area contributed by atoms with Crippen LogP contribution in [0.5, 0.6) is 5.88 Å². The van der Waals surface area contributed by atoms with E-state index in [1.165, 1.54) is 0 Å². The molecule has 28 heavy (non-hydrogen) atoms. The first kappa shape index (κ1) is 20.1. The minimum atomic E-state index is -0.501. The quantitative estimate of drug-likeness (QED) is 0.797. The van der Waals surface area contributed by atoms with Gasteiger partial charge in [0.1, 0.15) is 11.7 Å². The van der Waals surface area contributed by atoms with Crippen molar-refractivity contribution >= 4 is 17.9 Å². The van der Waals surface area contributed by atoms with Gasteiger partial charge in [-0.05, 0) is 32.8 Å². The van der Waals surface area contributed by atoms with Crippen molar-refractivity contribution in [3.63, 3.8) is 0 Å². The highest BCUT2D eigenvalue weighted by Crippen LogP contribution is 2.26. The highest BCUT2D eigenvalue weighted by molar-refractivity contribution is 6.00. The third-order valence-corrected chi connectivity index (χ3v) is 4.78. The first-order valence-corrected chi connectivity index (χ1v) is 9.65. The number of nitrogens with zero attached hydrogens (tertiary/aromatic N) is 2. The number of rotatable bonds is 3. The number of hydrogen-bond donors (Lipinski definition) is 1. The van der Waals surface area contributed by atoms with Crippen molar-refractivity contribution < 1.29 is 23.9 Å². The number of amides is 3. The second kappa shape index (κ2) is 8.16. The van der Waals surface area contributed by atoms with Crippen molar-refractivity contribution in [2.24, 2.45) is 0 Å². The minimum absolute atomic E-state index is 0.0207. The van der Waals surface area contributed by atoms with Gasteiger partial charge in [-0.1, -0.05) is 6.07 Å². The molecule has 1 aromatic heterocycles. The lowest BCUT2D eigenvalue weighted by molar-refractivity contribution is -0.134. The molecule has 0 aromatic carbocycles. The number of aromatic nitrogens is 1. The molecule has 152 valence electrons. The van der Waals surface area contributed by atoms with Gasteiger partial charge in [0.25, 0.3) is 0 Å². The molecule has 3 amide bonds. The van der Waals surface area contributed by atoms with Crippen LogP contribution >= 0.6 is 0 Å². The third kappa shape index (κ3) is 5.21. The number of pyridine rings is 1. The van der Waals surface area contributed by atoms with Gasteiger partial charge in [-0.3, -0.25) is 14.9 Å². The van der Waals surface area contributed by atoms with Crippen molar-refractivity contribution in [3.05, 3.63) is 23.9 Å². The number of piperidine rings is 2. The van der Waals surface area contributed by atoms with E-state index in [1.807, 2.05) is 26.8 Å². The fourth-order valence-corrected chi connectivity index (χ4v) is 3.33. The fraction of sp³-hybridized carbons (Fsp3) is 0.600. The maximum Gasteiger partial charge on any atom is 0.410 e. The Kier molecular flexibility index (Phi) is 5.86. The molecule has 1 atom stereocenters. The van der Waals surface area contributed by atoms with Gasteiger partial charge in [0, 0.05) is 44.6 Å². The summed E-state index contributed by atoms with van der Waals surface area (Å²) in [6.45, 7) is 6.71. The summed E-state index contributed by atoms with van der Waals surface area (Å²) in [7, 11) is 0. The Morgan fingerprint density at radius 3 is 2.46 bits per heavy atom. The molecule has 0 unspecified atom stereocenters. The van der Waals surface area contributed by atoms with Crippen LogP contribution < -0.4 is 10.1 Å². The molecule has 2 aliphatic rings. The standard InChI is InChI=1S/C20H27N3O5/c1-20(2,3)28-19(26)23-10-8-14(9-11-23)27-17-7-4-13(12-21-17)15-5-6-16(24)22-18(15)25/h4,7,12,14-15H,5-6,8-11H2,1-3H3,(H,22,24,25)/t15-/m1/s1. The topological polar surface area (TPSA) is 97.8 Å². The summed E-state index contributed by atoms with van der Waals surface area (Å²) < 4.78 is 11.3. The Morgan fingerprint density at radius 2 is 1.89 bits per heavy atom. The molecule has 2 saturated heterocycles. The zero-order valence-electron chi connectivity index (χ0n) is 16.6. The molecule has 0 aliphatic carbocycles. The summed E-state index contributed by atoms with van der Waals surface area (Å²) in [5.74, 6) is -0.365. The molecule has 1 N–H and O–H groups in total. The Bertz CT molecular complexity index is 733. The van der Waals surface area contributed by atoms with Crippen LogP contribution in [0.3, 0.4) is 0 Å². The van der Waals surface area contributed by atoms with Crippen molar-refractivity contribution in [2.75, 3.05) is 13.1 Å². The summed E-state index contributed by atoms with van der Waals surface area (Å²) in [5.41, 5.74) is 0.274. The average Bonchev–Trinajstić information content (AvgIpc) is 2.62. The predicted molar refractivity (Wildman–Crippen MR) is 101 cm³/mol. The highest BCUT2D eigenvalue weighted by atomic mass is 16.6. The van der Waals surface area contributed by atoms with Crippen molar-refractivity contribution in [1.82, 2.24) is 15.2 Å². The Hall–Kier alpha value is -2.64. The van der Waals surface area contributed by atoms with E-state index in [4.69, 9.17) is 9.47 Å². The molecule has 3 rings (SSSR count). The largest absolute Gasteiger partial charge is 0.474 e. The van der Waals surface area contributed by atoms with Gasteiger partial charge in [-0.2, -0.15) is 0 Å². The first-order valence-electron chi connectivity index (χ1n) is 9.65. The van der Waals surface area contributed by atoms with Crippen LogP contribution in [0.25, 0.3) is 0 Å². The molecule has 2 fully saturated rings. The smallest absolute Gasteiger partial charge is 0.410 e. The summed E-state index contributed by atoms with van der Waals surface area (Å²) in [5, 5.41) is 2.36. The highest BCUT2D eigenvalue weighted by Gasteiger charge is 2.29. The van der Waals surface area contributed by atoms with Crippen molar-refractivity contribution in [1.29, 1.82) is 0 Å². The number of imide groups is 1. The summed E-state index contributed by atoms with van der Waals surface area (Å²) in [6, 6.07) is 3.57. The Morgan fingerprint density at radius 1 is 1.18 bits per heavy atom. The maximum absolute atomic E-state index is 12.1. The molecular weight excluding hydrogens is 362 g/mol.